The molecule has 0 spiro atoms. The molecule has 4 amide bonds. The molecule has 3 aromatic heterocycles. The van der Waals surface area contributed by atoms with Crippen LogP contribution >= 0.6 is 0 Å². The summed E-state index contributed by atoms with van der Waals surface area (Å²) in [5.74, 6) is -3.00. The third-order valence-corrected chi connectivity index (χ3v) is 12.4. The molecule has 8 rings (SSSR count). The molecule has 5 aromatic rings. The number of rotatable bonds is 6. The van der Waals surface area contributed by atoms with Crippen LogP contribution in [-0.2, 0) is 29.6 Å². The first-order valence-corrected chi connectivity index (χ1v) is 21.0. The van der Waals surface area contributed by atoms with Crippen LogP contribution in [0.5, 0.6) is 5.88 Å². The number of hydrogen-bond donors (Lipinski definition) is 2. The van der Waals surface area contributed by atoms with E-state index in [1.807, 2.05) is 37.7 Å². The number of anilines is 1. The molecule has 6 heterocycles. The Morgan fingerprint density at radius 1 is 1.00 bits per heavy atom. The van der Waals surface area contributed by atoms with Crippen molar-refractivity contribution in [2.75, 3.05) is 32.1 Å². The van der Waals surface area contributed by atoms with Crippen molar-refractivity contribution >= 4 is 40.6 Å². The minimum atomic E-state index is -1.04. The van der Waals surface area contributed by atoms with Gasteiger partial charge in [0, 0.05) is 74.6 Å². The number of fused-ring (bicyclic) bond motifs is 7. The van der Waals surface area contributed by atoms with E-state index >= 15 is 8.78 Å². The Hall–Kier alpha value is -6.03. The van der Waals surface area contributed by atoms with Crippen LogP contribution in [0.4, 0.5) is 14.7 Å². The quantitative estimate of drug-likeness (QED) is 0.191. The lowest BCUT2D eigenvalue weighted by Gasteiger charge is -2.41. The van der Waals surface area contributed by atoms with Gasteiger partial charge >= 0.3 is 0 Å². The monoisotopic (exact) mass is 835 g/mol. The molecule has 2 N–H and O–H groups in total. The van der Waals surface area contributed by atoms with E-state index in [2.05, 4.69) is 39.5 Å². The van der Waals surface area contributed by atoms with Gasteiger partial charge in [-0.15, -0.1) is 0 Å². The lowest BCUT2D eigenvalue weighted by Crippen LogP contribution is -2.49. The summed E-state index contributed by atoms with van der Waals surface area (Å²) in [4.78, 5) is 65.4. The number of imide groups is 1. The van der Waals surface area contributed by atoms with Crippen LogP contribution in [0.15, 0.2) is 48.7 Å². The number of ether oxygens (including phenoxy) is 1. The molecular formula is C45H51F2N9O5. The van der Waals surface area contributed by atoms with Crippen molar-refractivity contribution in [3.63, 3.8) is 0 Å². The zero-order chi connectivity index (χ0) is 43.1. The van der Waals surface area contributed by atoms with Gasteiger partial charge in [0.1, 0.15) is 11.6 Å². The highest BCUT2D eigenvalue weighted by molar-refractivity contribution is 6.05. The van der Waals surface area contributed by atoms with Crippen molar-refractivity contribution in [3.05, 3.63) is 88.2 Å². The van der Waals surface area contributed by atoms with Crippen molar-refractivity contribution in [1.29, 1.82) is 0 Å². The molecule has 0 radical (unpaired) electrons. The number of aromatic nitrogens is 5. The van der Waals surface area contributed by atoms with Gasteiger partial charge in [-0.05, 0) is 106 Å². The second-order valence-electron chi connectivity index (χ2n) is 16.9. The maximum Gasteiger partial charge on any atom is 0.258 e. The van der Waals surface area contributed by atoms with Crippen molar-refractivity contribution in [2.45, 2.75) is 90.3 Å². The van der Waals surface area contributed by atoms with Crippen LogP contribution in [0.1, 0.15) is 95.8 Å². The molecule has 2 fully saturated rings. The number of nitrogens with one attached hydrogen (secondary N) is 2. The van der Waals surface area contributed by atoms with E-state index < -0.39 is 29.4 Å². The van der Waals surface area contributed by atoms with E-state index in [4.69, 9.17) is 9.72 Å². The molecule has 2 aromatic carbocycles. The van der Waals surface area contributed by atoms with Gasteiger partial charge in [0.2, 0.25) is 23.6 Å². The number of carbonyl (C=O) groups is 4. The lowest BCUT2D eigenvalue weighted by molar-refractivity contribution is -0.134. The summed E-state index contributed by atoms with van der Waals surface area (Å²) < 4.78 is 40.2. The topological polar surface area (TPSA) is 157 Å². The van der Waals surface area contributed by atoms with Gasteiger partial charge in [-0.2, -0.15) is 5.10 Å². The van der Waals surface area contributed by atoms with Crippen molar-refractivity contribution in [2.24, 2.45) is 13.0 Å². The van der Waals surface area contributed by atoms with Gasteiger partial charge in [-0.25, -0.2) is 18.4 Å². The SMILES string of the molecule is Cc1cc2cc(n1)-c1cnn(C)c1OCCC[C@@H](C)Cn1c(nc3ccc(C(=O)N(C)[C@@H]4CCN(CCc5cc(F)c([C@H]6CCC(=O)NC6=O)c(F)c5)[C@@H](C)C4)cc31)NC2=O. The van der Waals surface area contributed by atoms with Gasteiger partial charge in [-0.1, -0.05) is 6.92 Å². The predicted molar refractivity (Wildman–Crippen MR) is 224 cm³/mol. The number of likely N-dealkylation sites (tertiary alicyclic amines) is 1. The van der Waals surface area contributed by atoms with Crippen molar-refractivity contribution in [3.8, 4) is 17.1 Å². The second kappa shape index (κ2) is 17.1. The summed E-state index contributed by atoms with van der Waals surface area (Å²) in [6.45, 7) is 8.38. The molecule has 3 aliphatic rings. The van der Waals surface area contributed by atoms with Gasteiger partial charge < -0.3 is 19.1 Å². The Labute approximate surface area is 352 Å². The standard InChI is InChI=1S/C45H51F2N9O5/c1-25-7-6-16-61-44-33(23-48-54(44)5)37-21-30(17-26(2)49-37)41(58)52-45-50-36-10-8-29(22-38(36)56(45)24-25)43(60)53(4)31-13-15-55(27(3)18-31)14-12-28-19-34(46)40(35(47)20-28)32-9-11-39(57)51-42(32)59/h8,10,17,19-23,25,27,31-32H,6-7,9,11-16,18,24H2,1-5H3,(H,50,52,58)(H,51,57,59)/t25-,27+,31-,32-/m1/s1. The average Bonchev–Trinajstić information content (AvgIpc) is 3.76. The predicted octanol–water partition coefficient (Wildman–Crippen LogP) is 6.17. The number of imidazole rings is 1. The van der Waals surface area contributed by atoms with Crippen LogP contribution in [0, 0.1) is 24.5 Å². The number of aryl methyl sites for hydroxylation is 2. The second-order valence-corrected chi connectivity index (χ2v) is 16.9. The van der Waals surface area contributed by atoms with E-state index in [-0.39, 0.29) is 48.2 Å². The van der Waals surface area contributed by atoms with E-state index in [1.54, 1.807) is 34.0 Å². The molecule has 2 saturated heterocycles. The van der Waals surface area contributed by atoms with Gasteiger partial charge in [0.15, 0.2) is 0 Å². The smallest absolute Gasteiger partial charge is 0.258 e. The Balaban J connectivity index is 0.956. The van der Waals surface area contributed by atoms with Crippen LogP contribution in [0.25, 0.3) is 22.3 Å². The first-order valence-electron chi connectivity index (χ1n) is 21.0. The highest BCUT2D eigenvalue weighted by atomic mass is 19.1. The number of benzene rings is 2. The van der Waals surface area contributed by atoms with E-state index in [9.17, 15) is 19.2 Å². The maximum absolute atomic E-state index is 15.2. The van der Waals surface area contributed by atoms with Gasteiger partial charge in [-0.3, -0.25) is 34.8 Å². The van der Waals surface area contributed by atoms with Crippen LogP contribution in [0.2, 0.25) is 0 Å². The number of hydrogen-bond acceptors (Lipinski definition) is 9. The Morgan fingerprint density at radius 2 is 1.79 bits per heavy atom. The fraction of sp³-hybridized carbons (Fsp3) is 0.444. The summed E-state index contributed by atoms with van der Waals surface area (Å²) in [6.07, 6.45) is 5.28. The zero-order valence-electron chi connectivity index (χ0n) is 35.1. The molecular weight excluding hydrogens is 785 g/mol. The number of nitrogens with zero attached hydrogens (tertiary/aromatic N) is 7. The minimum Gasteiger partial charge on any atom is -0.477 e. The third kappa shape index (κ3) is 8.63. The third-order valence-electron chi connectivity index (χ3n) is 12.4. The number of amides is 4. The number of carbonyl (C=O) groups excluding carboxylic acids is 4. The van der Waals surface area contributed by atoms with Gasteiger partial charge in [0.25, 0.3) is 11.8 Å². The van der Waals surface area contributed by atoms with E-state index in [0.717, 1.165) is 31.2 Å². The summed E-state index contributed by atoms with van der Waals surface area (Å²) in [7, 11) is 3.65. The van der Waals surface area contributed by atoms with Crippen molar-refractivity contribution in [1.82, 2.24) is 39.4 Å². The number of halogens is 2. The number of pyridine rings is 1. The highest BCUT2D eigenvalue weighted by Crippen LogP contribution is 2.33. The van der Waals surface area contributed by atoms with E-state index in [1.165, 1.54) is 12.1 Å². The van der Waals surface area contributed by atoms with Crippen molar-refractivity contribution < 1.29 is 32.7 Å². The molecule has 61 heavy (non-hydrogen) atoms. The number of piperidine rings is 2. The fourth-order valence-corrected chi connectivity index (χ4v) is 9.03. The van der Waals surface area contributed by atoms with Gasteiger partial charge in [0.05, 0.1) is 41.0 Å². The van der Waals surface area contributed by atoms with Crippen LogP contribution in [-0.4, -0.2) is 96.6 Å². The molecule has 14 nitrogen and oxygen atoms in total. The normalized spacial score (nSPS) is 21.4. The van der Waals surface area contributed by atoms with Crippen LogP contribution < -0.4 is 15.4 Å². The Kier molecular flexibility index (Phi) is 11.7. The molecule has 16 heteroatoms. The largest absolute Gasteiger partial charge is 0.477 e. The molecule has 320 valence electrons. The molecule has 4 atom stereocenters. The highest BCUT2D eigenvalue weighted by Gasteiger charge is 2.34. The average molecular weight is 836 g/mol. The van der Waals surface area contributed by atoms with Crippen LogP contribution in [0.3, 0.4) is 0 Å². The Bertz CT molecular complexity index is 2510. The summed E-state index contributed by atoms with van der Waals surface area (Å²) in [6, 6.07) is 11.6. The zero-order valence-corrected chi connectivity index (χ0v) is 35.1. The minimum absolute atomic E-state index is 0.0302. The molecule has 0 aliphatic carbocycles. The first kappa shape index (κ1) is 41.7. The maximum atomic E-state index is 15.2. The summed E-state index contributed by atoms with van der Waals surface area (Å²) >= 11 is 0. The molecule has 3 aliphatic heterocycles. The first-order chi connectivity index (χ1) is 29.2. The summed E-state index contributed by atoms with van der Waals surface area (Å²) in [5, 5.41) is 9.61. The molecule has 0 saturated carbocycles. The molecule has 2 bridgehead atoms. The molecule has 0 unspecified atom stereocenters. The van der Waals surface area contributed by atoms with E-state index in [0.29, 0.717) is 83.6 Å². The summed E-state index contributed by atoms with van der Waals surface area (Å²) in [5.41, 5.74) is 4.49. The fourth-order valence-electron chi connectivity index (χ4n) is 9.03. The Morgan fingerprint density at radius 3 is 2.54 bits per heavy atom. The lowest BCUT2D eigenvalue weighted by atomic mass is 9.88.